The van der Waals surface area contributed by atoms with Crippen LogP contribution in [0.2, 0.25) is 0 Å². The van der Waals surface area contributed by atoms with E-state index in [1.165, 1.54) is 0 Å². The first-order valence-electron chi connectivity index (χ1n) is 8.01. The Balaban J connectivity index is 1.52. The third kappa shape index (κ3) is 4.39. The summed E-state index contributed by atoms with van der Waals surface area (Å²) in [5, 5.41) is 7.99. The molecule has 0 radical (unpaired) electrons. The third-order valence-electron chi connectivity index (χ3n) is 3.93. The van der Waals surface area contributed by atoms with Gasteiger partial charge in [-0.1, -0.05) is 12.1 Å². The number of hydrogen-bond donors (Lipinski definition) is 2. The summed E-state index contributed by atoms with van der Waals surface area (Å²) in [5.41, 5.74) is 5.85. The van der Waals surface area contributed by atoms with E-state index in [0.29, 0.717) is 5.11 Å². The minimum absolute atomic E-state index is 0.255. The van der Waals surface area contributed by atoms with Crippen LogP contribution >= 0.6 is 12.2 Å². The van der Waals surface area contributed by atoms with Crippen LogP contribution in [0.15, 0.2) is 48.1 Å². The summed E-state index contributed by atoms with van der Waals surface area (Å²) in [4.78, 5) is 4.05. The minimum Gasteiger partial charge on any atom is -0.376 e. The molecular formula is C17H21N5OS. The molecule has 6 nitrogen and oxygen atoms in total. The van der Waals surface area contributed by atoms with E-state index < -0.39 is 0 Å². The first kappa shape index (κ1) is 16.6. The molecule has 126 valence electrons. The summed E-state index contributed by atoms with van der Waals surface area (Å²) in [6.45, 7) is 3.51. The van der Waals surface area contributed by atoms with Gasteiger partial charge in [0.2, 0.25) is 0 Å². The Labute approximate surface area is 146 Å². The number of hydrogen-bond acceptors (Lipinski definition) is 4. The fourth-order valence-corrected chi connectivity index (χ4v) is 2.67. The standard InChI is InChI=1S/C17H21N5OS/c1-13(20-21-17(24)19-11-16-3-2-10-23-16)14-4-6-15(7-5-14)22-9-8-18-12-22/h4-9,12,16H,2-3,10-11H2,1H3,(H2,19,21,24)/b20-13+. The zero-order chi connectivity index (χ0) is 16.8. The fraction of sp³-hybridized carbons (Fsp3) is 0.353. The van der Waals surface area contributed by atoms with Crippen LogP contribution in [-0.2, 0) is 4.74 Å². The molecule has 1 aromatic heterocycles. The zero-order valence-corrected chi connectivity index (χ0v) is 14.4. The van der Waals surface area contributed by atoms with Crippen LogP contribution in [0.4, 0.5) is 0 Å². The van der Waals surface area contributed by atoms with Gasteiger partial charge in [-0.2, -0.15) is 5.10 Å². The van der Waals surface area contributed by atoms with Gasteiger partial charge < -0.3 is 14.6 Å². The number of hydrazone groups is 1. The van der Waals surface area contributed by atoms with Gasteiger partial charge in [0.1, 0.15) is 0 Å². The van der Waals surface area contributed by atoms with E-state index in [2.05, 4.69) is 20.8 Å². The van der Waals surface area contributed by atoms with Gasteiger partial charge >= 0.3 is 0 Å². The van der Waals surface area contributed by atoms with E-state index in [1.807, 2.05) is 42.0 Å². The highest BCUT2D eigenvalue weighted by Gasteiger charge is 2.15. The van der Waals surface area contributed by atoms with E-state index in [4.69, 9.17) is 17.0 Å². The van der Waals surface area contributed by atoms with Gasteiger partial charge in [-0.05, 0) is 49.7 Å². The number of nitrogens with zero attached hydrogens (tertiary/aromatic N) is 3. The predicted molar refractivity (Wildman–Crippen MR) is 98.5 cm³/mol. The average Bonchev–Trinajstić information content (AvgIpc) is 3.31. The first-order chi connectivity index (χ1) is 11.7. The molecule has 2 aromatic rings. The van der Waals surface area contributed by atoms with Crippen molar-refractivity contribution >= 4 is 23.0 Å². The number of ether oxygens (including phenoxy) is 1. The average molecular weight is 343 g/mol. The van der Waals surface area contributed by atoms with Crippen molar-refractivity contribution in [3.8, 4) is 5.69 Å². The lowest BCUT2D eigenvalue weighted by atomic mass is 10.1. The number of imidazole rings is 1. The molecule has 1 aliphatic heterocycles. The van der Waals surface area contributed by atoms with Gasteiger partial charge in [-0.3, -0.25) is 5.43 Å². The lowest BCUT2D eigenvalue weighted by molar-refractivity contribution is 0.114. The Morgan fingerprint density at radius 1 is 1.42 bits per heavy atom. The maximum absolute atomic E-state index is 5.55. The van der Waals surface area contributed by atoms with Gasteiger partial charge in [-0.25, -0.2) is 4.98 Å². The fourth-order valence-electron chi connectivity index (χ4n) is 2.54. The largest absolute Gasteiger partial charge is 0.376 e. The first-order valence-corrected chi connectivity index (χ1v) is 8.42. The van der Waals surface area contributed by atoms with E-state index in [-0.39, 0.29) is 6.10 Å². The van der Waals surface area contributed by atoms with E-state index in [0.717, 1.165) is 43.0 Å². The quantitative estimate of drug-likeness (QED) is 0.495. The summed E-state index contributed by atoms with van der Waals surface area (Å²) >= 11 is 5.24. The molecule has 0 spiro atoms. The summed E-state index contributed by atoms with van der Waals surface area (Å²) in [6.07, 6.45) is 7.91. The molecule has 2 N–H and O–H groups in total. The molecule has 1 fully saturated rings. The van der Waals surface area contributed by atoms with Crippen molar-refractivity contribution in [3.05, 3.63) is 48.5 Å². The van der Waals surface area contributed by atoms with Crippen molar-refractivity contribution in [2.45, 2.75) is 25.9 Å². The molecule has 0 amide bonds. The van der Waals surface area contributed by atoms with Crippen molar-refractivity contribution in [1.82, 2.24) is 20.3 Å². The summed E-state index contributed by atoms with van der Waals surface area (Å²) in [7, 11) is 0. The van der Waals surface area contributed by atoms with Crippen molar-refractivity contribution < 1.29 is 4.74 Å². The molecule has 1 saturated heterocycles. The van der Waals surface area contributed by atoms with Gasteiger partial charge in [0.25, 0.3) is 0 Å². The normalized spacial score (nSPS) is 17.7. The second kappa shape index (κ2) is 8.03. The lowest BCUT2D eigenvalue weighted by Gasteiger charge is -2.12. The highest BCUT2D eigenvalue weighted by atomic mass is 32.1. The molecule has 0 saturated carbocycles. The molecule has 0 bridgehead atoms. The van der Waals surface area contributed by atoms with E-state index >= 15 is 0 Å². The maximum atomic E-state index is 5.55. The summed E-state index contributed by atoms with van der Waals surface area (Å²) in [5.74, 6) is 0. The Morgan fingerprint density at radius 2 is 2.25 bits per heavy atom. The minimum atomic E-state index is 0.255. The highest BCUT2D eigenvalue weighted by molar-refractivity contribution is 7.80. The van der Waals surface area contributed by atoms with Crippen molar-refractivity contribution in [2.24, 2.45) is 5.10 Å². The summed E-state index contributed by atoms with van der Waals surface area (Å²) in [6, 6.07) is 8.12. The maximum Gasteiger partial charge on any atom is 0.187 e. The van der Waals surface area contributed by atoms with Crippen molar-refractivity contribution in [2.75, 3.05) is 13.2 Å². The monoisotopic (exact) mass is 343 g/mol. The van der Waals surface area contributed by atoms with Gasteiger partial charge in [0, 0.05) is 31.2 Å². The Hall–Kier alpha value is -2.25. The Morgan fingerprint density at radius 3 is 2.92 bits per heavy atom. The third-order valence-corrected chi connectivity index (χ3v) is 4.16. The molecule has 7 heteroatoms. The van der Waals surface area contributed by atoms with Crippen LogP contribution in [0.25, 0.3) is 5.69 Å². The highest BCUT2D eigenvalue weighted by Crippen LogP contribution is 2.11. The molecule has 3 rings (SSSR count). The molecule has 1 aromatic carbocycles. The van der Waals surface area contributed by atoms with Crippen LogP contribution in [0, 0.1) is 0 Å². The molecular weight excluding hydrogens is 322 g/mol. The SMILES string of the molecule is C/C(=N\NC(=S)NCC1CCCO1)c1ccc(-n2ccnc2)cc1. The van der Waals surface area contributed by atoms with E-state index in [9.17, 15) is 0 Å². The molecule has 0 aliphatic carbocycles. The number of benzene rings is 1. The van der Waals surface area contributed by atoms with Crippen LogP contribution in [-0.4, -0.2) is 39.6 Å². The number of nitrogens with one attached hydrogen (secondary N) is 2. The topological polar surface area (TPSA) is 63.5 Å². The molecule has 24 heavy (non-hydrogen) atoms. The number of rotatable bonds is 5. The number of aromatic nitrogens is 2. The molecule has 1 unspecified atom stereocenters. The van der Waals surface area contributed by atoms with Gasteiger partial charge in [-0.15, -0.1) is 0 Å². The lowest BCUT2D eigenvalue weighted by Crippen LogP contribution is -2.37. The Bertz CT molecular complexity index is 690. The zero-order valence-electron chi connectivity index (χ0n) is 13.6. The second-order valence-electron chi connectivity index (χ2n) is 5.67. The van der Waals surface area contributed by atoms with Gasteiger partial charge in [0.15, 0.2) is 5.11 Å². The van der Waals surface area contributed by atoms with Crippen LogP contribution < -0.4 is 10.7 Å². The second-order valence-corrected chi connectivity index (χ2v) is 6.08. The molecule has 1 aliphatic rings. The molecule has 1 atom stereocenters. The van der Waals surface area contributed by atoms with E-state index in [1.54, 1.807) is 12.5 Å². The summed E-state index contributed by atoms with van der Waals surface area (Å²) < 4.78 is 7.50. The van der Waals surface area contributed by atoms with Crippen LogP contribution in [0.5, 0.6) is 0 Å². The predicted octanol–water partition coefficient (Wildman–Crippen LogP) is 2.24. The Kier molecular flexibility index (Phi) is 5.55. The van der Waals surface area contributed by atoms with Crippen molar-refractivity contribution in [3.63, 3.8) is 0 Å². The smallest absolute Gasteiger partial charge is 0.187 e. The van der Waals surface area contributed by atoms with Gasteiger partial charge in [0.05, 0.1) is 18.1 Å². The molecule has 2 heterocycles. The van der Waals surface area contributed by atoms with Crippen LogP contribution in [0.3, 0.4) is 0 Å². The van der Waals surface area contributed by atoms with Crippen LogP contribution in [0.1, 0.15) is 25.3 Å². The van der Waals surface area contributed by atoms with Crippen molar-refractivity contribution in [1.29, 1.82) is 0 Å². The number of thiocarbonyl (C=S) groups is 1.